The molecule has 116 valence electrons. The summed E-state index contributed by atoms with van der Waals surface area (Å²) in [6.45, 7) is 10.7. The number of nitrogens with zero attached hydrogens (tertiary/aromatic N) is 2. The molecule has 1 amide bonds. The highest BCUT2D eigenvalue weighted by molar-refractivity contribution is 5.86. The number of hydrogen-bond acceptors (Lipinski definition) is 3. The van der Waals surface area contributed by atoms with E-state index in [9.17, 15) is 4.79 Å². The number of amides is 1. The van der Waals surface area contributed by atoms with Gasteiger partial charge in [0.05, 0.1) is 5.71 Å². The fourth-order valence-corrected chi connectivity index (χ4v) is 2.67. The third kappa shape index (κ3) is 5.51. The zero-order valence-corrected chi connectivity index (χ0v) is 13.5. The number of piperidine rings is 1. The largest absolute Gasteiger partial charge is 0.396 e. The first-order valence-electron chi connectivity index (χ1n) is 8.04. The van der Waals surface area contributed by atoms with Gasteiger partial charge >= 0.3 is 0 Å². The molecule has 0 radical (unpaired) electrons. The summed E-state index contributed by atoms with van der Waals surface area (Å²) in [4.78, 5) is 19.3. The monoisotopic (exact) mass is 282 g/mol. The highest BCUT2D eigenvalue weighted by atomic mass is 16.6. The van der Waals surface area contributed by atoms with Gasteiger partial charge in [0.25, 0.3) is 0 Å². The van der Waals surface area contributed by atoms with Crippen LogP contribution in [0.25, 0.3) is 0 Å². The third-order valence-corrected chi connectivity index (χ3v) is 3.72. The van der Waals surface area contributed by atoms with Crippen molar-refractivity contribution in [3.8, 4) is 0 Å². The molecule has 0 aromatic rings. The van der Waals surface area contributed by atoms with E-state index in [1.807, 2.05) is 11.8 Å². The summed E-state index contributed by atoms with van der Waals surface area (Å²) in [7, 11) is 0. The quantitative estimate of drug-likeness (QED) is 0.530. The number of carbonyl (C=O) groups is 1. The Morgan fingerprint density at radius 2 is 1.95 bits per heavy atom. The molecule has 1 saturated heterocycles. The molecule has 0 bridgehead atoms. The van der Waals surface area contributed by atoms with E-state index in [0.717, 1.165) is 38.8 Å². The van der Waals surface area contributed by atoms with E-state index in [-0.39, 0.29) is 0 Å². The maximum absolute atomic E-state index is 12.1. The predicted molar refractivity (Wildman–Crippen MR) is 82.7 cm³/mol. The van der Waals surface area contributed by atoms with E-state index in [1.165, 1.54) is 5.71 Å². The van der Waals surface area contributed by atoms with Crippen molar-refractivity contribution < 1.29 is 9.63 Å². The minimum atomic E-state index is 0.303. The van der Waals surface area contributed by atoms with Gasteiger partial charge in [-0.05, 0) is 32.1 Å². The van der Waals surface area contributed by atoms with Gasteiger partial charge in [-0.2, -0.15) is 0 Å². The minimum absolute atomic E-state index is 0.303. The second-order valence-corrected chi connectivity index (χ2v) is 6.00. The van der Waals surface area contributed by atoms with Crippen LogP contribution in [0, 0.1) is 11.8 Å². The average molecular weight is 282 g/mol. The van der Waals surface area contributed by atoms with Crippen LogP contribution in [0.5, 0.6) is 0 Å². The summed E-state index contributed by atoms with van der Waals surface area (Å²) in [5.74, 6) is 1.23. The van der Waals surface area contributed by atoms with Crippen molar-refractivity contribution in [1.82, 2.24) is 4.90 Å². The van der Waals surface area contributed by atoms with Gasteiger partial charge < -0.3 is 9.74 Å². The molecule has 20 heavy (non-hydrogen) atoms. The molecule has 0 atom stereocenters. The second-order valence-electron chi connectivity index (χ2n) is 6.00. The van der Waals surface area contributed by atoms with E-state index in [1.54, 1.807) is 0 Å². The van der Waals surface area contributed by atoms with Crippen LogP contribution in [0.1, 0.15) is 59.8 Å². The molecule has 0 unspecified atom stereocenters. The maximum Gasteiger partial charge on any atom is 0.222 e. The molecular formula is C16H30N2O2. The Morgan fingerprint density at radius 3 is 2.45 bits per heavy atom. The van der Waals surface area contributed by atoms with Crippen LogP contribution in [-0.2, 0) is 9.63 Å². The highest BCUT2D eigenvalue weighted by Gasteiger charge is 2.26. The van der Waals surface area contributed by atoms with Gasteiger partial charge in [-0.15, -0.1) is 0 Å². The van der Waals surface area contributed by atoms with E-state index >= 15 is 0 Å². The summed E-state index contributed by atoms with van der Waals surface area (Å²) in [6, 6.07) is 0. The van der Waals surface area contributed by atoms with E-state index in [4.69, 9.17) is 4.84 Å². The van der Waals surface area contributed by atoms with E-state index < -0.39 is 0 Å². The van der Waals surface area contributed by atoms with Crippen molar-refractivity contribution in [2.24, 2.45) is 17.0 Å². The average Bonchev–Trinajstić information content (AvgIpc) is 2.43. The van der Waals surface area contributed by atoms with Gasteiger partial charge in [0.2, 0.25) is 5.91 Å². The zero-order chi connectivity index (χ0) is 15.0. The van der Waals surface area contributed by atoms with Gasteiger partial charge in [-0.1, -0.05) is 32.3 Å². The van der Waals surface area contributed by atoms with Crippen molar-refractivity contribution in [3.05, 3.63) is 0 Å². The van der Waals surface area contributed by atoms with Crippen LogP contribution >= 0.6 is 0 Å². The molecule has 1 aliphatic heterocycles. The molecule has 1 aliphatic rings. The summed E-state index contributed by atoms with van der Waals surface area (Å²) in [5, 5.41) is 4.29. The lowest BCUT2D eigenvalue weighted by atomic mass is 9.89. The lowest BCUT2D eigenvalue weighted by Gasteiger charge is -2.33. The molecule has 0 aromatic heterocycles. The topological polar surface area (TPSA) is 41.9 Å². The Kier molecular flexibility index (Phi) is 7.63. The van der Waals surface area contributed by atoms with Gasteiger partial charge in [0, 0.05) is 25.4 Å². The first-order valence-corrected chi connectivity index (χ1v) is 8.04. The molecule has 0 aliphatic carbocycles. The number of hydrogen-bond donors (Lipinski definition) is 0. The molecule has 0 spiro atoms. The Balaban J connectivity index is 2.49. The van der Waals surface area contributed by atoms with Crippen LogP contribution in [0.4, 0.5) is 0 Å². The fourth-order valence-electron chi connectivity index (χ4n) is 2.67. The third-order valence-electron chi connectivity index (χ3n) is 3.72. The highest BCUT2D eigenvalue weighted by Crippen LogP contribution is 2.22. The van der Waals surface area contributed by atoms with Crippen LogP contribution in [-0.4, -0.2) is 36.2 Å². The number of likely N-dealkylation sites (tertiary alicyclic amines) is 1. The Bertz CT molecular complexity index is 318. The molecular weight excluding hydrogens is 252 g/mol. The maximum atomic E-state index is 12.1. The van der Waals surface area contributed by atoms with Crippen molar-refractivity contribution in [1.29, 1.82) is 0 Å². The Morgan fingerprint density at radius 1 is 1.30 bits per heavy atom. The summed E-state index contributed by atoms with van der Waals surface area (Å²) in [5.41, 5.74) is 1.19. The normalized spacial score (nSPS) is 17.6. The number of rotatable bonds is 7. The standard InChI is InChI=1S/C16H30N2O2/c1-5-7-15(17-20-6-2)14-8-10-18(11-9-14)16(19)12-13(3)4/h13-14H,5-12H2,1-4H3. The summed E-state index contributed by atoms with van der Waals surface area (Å²) in [6.07, 6.45) is 4.81. The first-order chi connectivity index (χ1) is 9.58. The van der Waals surface area contributed by atoms with Crippen molar-refractivity contribution in [3.63, 3.8) is 0 Å². The van der Waals surface area contributed by atoms with Crippen LogP contribution in [0.3, 0.4) is 0 Å². The molecule has 1 heterocycles. The Labute approximate surface area is 123 Å². The van der Waals surface area contributed by atoms with Gasteiger partial charge in [0.1, 0.15) is 6.61 Å². The zero-order valence-electron chi connectivity index (χ0n) is 13.5. The second kappa shape index (κ2) is 8.98. The molecule has 0 N–H and O–H groups in total. The molecule has 1 rings (SSSR count). The predicted octanol–water partition coefficient (Wildman–Crippen LogP) is 3.46. The SMILES string of the molecule is CCCC(=NOCC)C1CCN(C(=O)CC(C)C)CC1. The molecule has 4 nitrogen and oxygen atoms in total. The molecule has 0 saturated carbocycles. The molecule has 0 aromatic carbocycles. The Hall–Kier alpha value is -1.06. The lowest BCUT2D eigenvalue weighted by Crippen LogP contribution is -2.40. The summed E-state index contributed by atoms with van der Waals surface area (Å²) < 4.78 is 0. The molecule has 1 fully saturated rings. The summed E-state index contributed by atoms with van der Waals surface area (Å²) >= 11 is 0. The fraction of sp³-hybridized carbons (Fsp3) is 0.875. The van der Waals surface area contributed by atoms with Crippen LogP contribution in [0.2, 0.25) is 0 Å². The number of oxime groups is 1. The van der Waals surface area contributed by atoms with Crippen molar-refractivity contribution in [2.75, 3.05) is 19.7 Å². The number of carbonyl (C=O) groups excluding carboxylic acids is 1. The van der Waals surface area contributed by atoms with Gasteiger partial charge in [0.15, 0.2) is 0 Å². The van der Waals surface area contributed by atoms with Crippen LogP contribution < -0.4 is 0 Å². The van der Waals surface area contributed by atoms with E-state index in [2.05, 4.69) is 25.9 Å². The molecule has 4 heteroatoms. The van der Waals surface area contributed by atoms with Crippen molar-refractivity contribution >= 4 is 11.6 Å². The lowest BCUT2D eigenvalue weighted by molar-refractivity contribution is -0.133. The minimum Gasteiger partial charge on any atom is -0.396 e. The first kappa shape index (κ1) is 17.0. The smallest absolute Gasteiger partial charge is 0.222 e. The van der Waals surface area contributed by atoms with Gasteiger partial charge in [-0.3, -0.25) is 4.79 Å². The van der Waals surface area contributed by atoms with E-state index in [0.29, 0.717) is 30.8 Å². The van der Waals surface area contributed by atoms with Gasteiger partial charge in [-0.25, -0.2) is 0 Å². The van der Waals surface area contributed by atoms with Crippen molar-refractivity contribution in [2.45, 2.75) is 59.8 Å². The van der Waals surface area contributed by atoms with Crippen LogP contribution in [0.15, 0.2) is 5.16 Å².